The van der Waals surface area contributed by atoms with Crippen LogP contribution in [0, 0.1) is 0 Å². The molecule has 0 bridgehead atoms. The summed E-state index contributed by atoms with van der Waals surface area (Å²) in [6.07, 6.45) is 0. The number of aromatic nitrogens is 4. The molecule has 2 aliphatic heterocycles. The highest BCUT2D eigenvalue weighted by Gasteiger charge is 2.39. The van der Waals surface area contributed by atoms with Crippen molar-refractivity contribution >= 4 is 65.4 Å². The van der Waals surface area contributed by atoms with E-state index in [4.69, 9.17) is 0 Å². The van der Waals surface area contributed by atoms with Crippen LogP contribution in [0.1, 0.15) is 50.2 Å². The first-order valence-electron chi connectivity index (χ1n) is 21.8. The van der Waals surface area contributed by atoms with Gasteiger partial charge in [0, 0.05) is 65.9 Å². The summed E-state index contributed by atoms with van der Waals surface area (Å²) in [6, 6.07) is 68.2. The van der Waals surface area contributed by atoms with Gasteiger partial charge in [-0.3, -0.25) is 0 Å². The van der Waals surface area contributed by atoms with E-state index in [1.807, 2.05) is 0 Å². The molecule has 294 valence electrons. The van der Waals surface area contributed by atoms with Crippen LogP contribution < -0.4 is 0 Å². The van der Waals surface area contributed by atoms with Crippen LogP contribution in [-0.4, -0.2) is 18.3 Å². The van der Waals surface area contributed by atoms with Crippen molar-refractivity contribution in [2.45, 2.75) is 38.5 Å². The maximum Gasteiger partial charge on any atom is 0.0545 e. The van der Waals surface area contributed by atoms with Crippen molar-refractivity contribution in [2.24, 2.45) is 0 Å². The summed E-state index contributed by atoms with van der Waals surface area (Å²) in [4.78, 5) is 0. The van der Waals surface area contributed by atoms with Crippen molar-refractivity contribution in [3.8, 4) is 33.9 Å². The summed E-state index contributed by atoms with van der Waals surface area (Å²) in [5.41, 5.74) is 19.9. The van der Waals surface area contributed by atoms with E-state index in [1.165, 1.54) is 122 Å². The minimum atomic E-state index is -0.147. The van der Waals surface area contributed by atoms with Gasteiger partial charge in [-0.2, -0.15) is 0 Å². The number of fused-ring (bicyclic) bond motifs is 16. The number of para-hydroxylation sites is 4. The van der Waals surface area contributed by atoms with Crippen molar-refractivity contribution in [3.05, 3.63) is 205 Å². The molecule has 2 aliphatic rings. The Morgan fingerprint density at radius 2 is 0.694 bits per heavy atom. The normalized spacial score (nSPS) is 14.7. The van der Waals surface area contributed by atoms with E-state index >= 15 is 0 Å². The summed E-state index contributed by atoms with van der Waals surface area (Å²) in [7, 11) is 0. The minimum absolute atomic E-state index is 0.147. The molecule has 0 saturated heterocycles. The van der Waals surface area contributed by atoms with E-state index in [2.05, 4.69) is 228 Å². The molecule has 0 saturated carbocycles. The Hall–Kier alpha value is -7.56. The average Bonchev–Trinajstić information content (AvgIpc) is 4.12. The quantitative estimate of drug-likeness (QED) is 0.170. The molecular weight excluding hydrogens is 753 g/mol. The van der Waals surface area contributed by atoms with Crippen LogP contribution in [0.4, 0.5) is 0 Å². The lowest BCUT2D eigenvalue weighted by atomic mass is 9.83. The lowest BCUT2D eigenvalue weighted by Crippen LogP contribution is -2.15. The molecule has 12 aromatic rings. The molecule has 4 aromatic heterocycles. The first-order valence-corrected chi connectivity index (χ1v) is 21.8. The summed E-state index contributed by atoms with van der Waals surface area (Å²) in [5.74, 6) is 0. The third-order valence-electron chi connectivity index (χ3n) is 14.7. The van der Waals surface area contributed by atoms with Crippen molar-refractivity contribution in [1.82, 2.24) is 18.3 Å². The smallest absolute Gasteiger partial charge is 0.0545 e. The van der Waals surface area contributed by atoms with Gasteiger partial charge in [-0.25, -0.2) is 0 Å². The predicted molar refractivity (Wildman–Crippen MR) is 258 cm³/mol. The molecular formula is C58H42N4. The fourth-order valence-corrected chi connectivity index (χ4v) is 11.6. The molecule has 62 heavy (non-hydrogen) atoms. The van der Waals surface area contributed by atoms with Gasteiger partial charge in [-0.15, -0.1) is 0 Å². The maximum atomic E-state index is 2.51. The van der Waals surface area contributed by atoms with Gasteiger partial charge < -0.3 is 18.3 Å². The molecule has 0 aliphatic carbocycles. The van der Waals surface area contributed by atoms with Gasteiger partial charge in [0.05, 0.1) is 44.5 Å². The Morgan fingerprint density at radius 1 is 0.306 bits per heavy atom. The van der Waals surface area contributed by atoms with Gasteiger partial charge >= 0.3 is 0 Å². The predicted octanol–water partition coefficient (Wildman–Crippen LogP) is 14.7. The monoisotopic (exact) mass is 794 g/mol. The van der Waals surface area contributed by atoms with E-state index in [-0.39, 0.29) is 10.8 Å². The van der Waals surface area contributed by atoms with E-state index < -0.39 is 0 Å². The molecule has 0 radical (unpaired) electrons. The molecule has 8 aromatic carbocycles. The zero-order valence-electron chi connectivity index (χ0n) is 35.1. The third kappa shape index (κ3) is 4.26. The van der Waals surface area contributed by atoms with E-state index in [0.717, 1.165) is 0 Å². The van der Waals surface area contributed by atoms with Crippen molar-refractivity contribution in [3.63, 3.8) is 0 Å². The Balaban J connectivity index is 1.02. The zero-order valence-corrected chi connectivity index (χ0v) is 35.1. The molecule has 0 atom stereocenters. The summed E-state index contributed by atoms with van der Waals surface area (Å²) < 4.78 is 9.95. The zero-order chi connectivity index (χ0) is 41.2. The van der Waals surface area contributed by atoms with Crippen molar-refractivity contribution < 1.29 is 0 Å². The first kappa shape index (κ1) is 34.2. The number of nitrogens with zero attached hydrogens (tertiary/aromatic N) is 4. The second-order valence-corrected chi connectivity index (χ2v) is 18.7. The first-order chi connectivity index (χ1) is 30.3. The van der Waals surface area contributed by atoms with Gasteiger partial charge in [0.1, 0.15) is 0 Å². The molecule has 0 amide bonds. The van der Waals surface area contributed by atoms with E-state index in [0.29, 0.717) is 0 Å². The van der Waals surface area contributed by atoms with Gasteiger partial charge in [0.15, 0.2) is 0 Å². The largest absolute Gasteiger partial charge is 0.312 e. The molecule has 6 heterocycles. The van der Waals surface area contributed by atoms with Crippen LogP contribution >= 0.6 is 0 Å². The topological polar surface area (TPSA) is 19.7 Å². The second-order valence-electron chi connectivity index (χ2n) is 18.7. The lowest BCUT2D eigenvalue weighted by molar-refractivity contribution is 0.645. The fourth-order valence-electron chi connectivity index (χ4n) is 11.6. The third-order valence-corrected chi connectivity index (χ3v) is 14.7. The number of benzene rings is 8. The van der Waals surface area contributed by atoms with Crippen molar-refractivity contribution in [1.29, 1.82) is 0 Å². The van der Waals surface area contributed by atoms with Gasteiger partial charge in [0.2, 0.25) is 0 Å². The Bertz CT molecular complexity index is 3650. The molecule has 4 heteroatoms. The molecule has 14 rings (SSSR count). The Kier molecular flexibility index (Phi) is 6.41. The van der Waals surface area contributed by atoms with Crippen molar-refractivity contribution in [2.75, 3.05) is 0 Å². The highest BCUT2D eigenvalue weighted by atomic mass is 15.1. The maximum absolute atomic E-state index is 2.51. The van der Waals surface area contributed by atoms with Crippen LogP contribution in [0.5, 0.6) is 0 Å². The average molecular weight is 795 g/mol. The van der Waals surface area contributed by atoms with Gasteiger partial charge in [0.25, 0.3) is 0 Å². The van der Waals surface area contributed by atoms with Crippen LogP contribution in [0.2, 0.25) is 0 Å². The van der Waals surface area contributed by atoms with Crippen LogP contribution in [0.3, 0.4) is 0 Å². The molecule has 4 nitrogen and oxygen atoms in total. The lowest BCUT2D eigenvalue weighted by Gasteiger charge is -2.19. The number of rotatable bonds is 3. The van der Waals surface area contributed by atoms with Crippen LogP contribution in [0.15, 0.2) is 182 Å². The summed E-state index contributed by atoms with van der Waals surface area (Å²) >= 11 is 0. The summed E-state index contributed by atoms with van der Waals surface area (Å²) in [6.45, 7) is 9.51. The fraction of sp³-hybridized carbons (Fsp3) is 0.103. The molecule has 0 spiro atoms. The molecule has 0 fully saturated rings. The van der Waals surface area contributed by atoms with Crippen LogP contribution in [0.25, 0.3) is 99.3 Å². The summed E-state index contributed by atoms with van der Waals surface area (Å²) in [5, 5.41) is 7.61. The van der Waals surface area contributed by atoms with E-state index in [9.17, 15) is 0 Å². The Morgan fingerprint density at radius 3 is 1.13 bits per heavy atom. The van der Waals surface area contributed by atoms with Gasteiger partial charge in [-0.05, 0) is 119 Å². The van der Waals surface area contributed by atoms with E-state index in [1.54, 1.807) is 0 Å². The molecule has 0 N–H and O–H groups in total. The van der Waals surface area contributed by atoms with Crippen LogP contribution in [-0.2, 0) is 10.8 Å². The van der Waals surface area contributed by atoms with Gasteiger partial charge in [-0.1, -0.05) is 113 Å². The highest BCUT2D eigenvalue weighted by Crippen LogP contribution is 2.51. The molecule has 0 unspecified atom stereocenters. The number of hydrogen-bond donors (Lipinski definition) is 0. The highest BCUT2D eigenvalue weighted by molar-refractivity contribution is 6.14. The second kappa shape index (κ2) is 11.6. The Labute approximate surface area is 359 Å². The SMILES string of the molecule is CC1(C)c2cc3c(cc2-n2c1cc1ccccc12)c1cc(-c2ccc4c(c2)c2cc5c(cc2n4-c2ccccc2)C(C)(C)c2cc4ccccc4n2-5)ccc1n3-c1ccccc1. The standard InChI is InChI=1S/C58H42N4/c1-57(2)45-33-51-43(31-53(45)61-47-21-13-11-15-37(47)29-55(57)61)41-27-35(23-25-49(41)59(51)39-17-7-5-8-18-39)36-24-26-50-42(28-36)44-32-54-46(34-52(44)60(50)40-19-9-6-10-20-40)58(3,4)56-30-38-16-12-14-22-48(38)62(54)56/h5-34H,1-4H3. The number of hydrogen-bond acceptors (Lipinski definition) is 0. The minimum Gasteiger partial charge on any atom is -0.312 e.